The molecule has 0 aromatic heterocycles. The highest BCUT2D eigenvalue weighted by atomic mass is 35.5. The molecule has 0 fully saturated rings. The summed E-state index contributed by atoms with van der Waals surface area (Å²) in [5, 5.41) is 0.537. The second kappa shape index (κ2) is 3.68. The van der Waals surface area contributed by atoms with Gasteiger partial charge < -0.3 is 0 Å². The summed E-state index contributed by atoms with van der Waals surface area (Å²) < 4.78 is 13.0. The number of hydrogen-bond donors (Lipinski definition) is 0. The van der Waals surface area contributed by atoms with Gasteiger partial charge in [-0.05, 0) is 24.6 Å². The summed E-state index contributed by atoms with van der Waals surface area (Å²) in [7, 11) is 0. The van der Waals surface area contributed by atoms with Gasteiger partial charge in [-0.15, -0.1) is 0 Å². The van der Waals surface area contributed by atoms with E-state index < -0.39 is 12.0 Å². The number of ketones is 1. The Hall–Kier alpha value is -0.890. The van der Waals surface area contributed by atoms with Gasteiger partial charge >= 0.3 is 0 Å². The molecule has 0 radical (unpaired) electrons. The summed E-state index contributed by atoms with van der Waals surface area (Å²) in [6.45, 7) is 1.22. The van der Waals surface area contributed by atoms with Crippen molar-refractivity contribution in [3.8, 4) is 0 Å². The maximum absolute atomic E-state index is 13.0. The van der Waals surface area contributed by atoms with Crippen LogP contribution >= 0.6 is 11.6 Å². The van der Waals surface area contributed by atoms with Gasteiger partial charge in [-0.25, -0.2) is 4.39 Å². The highest BCUT2D eigenvalue weighted by Crippen LogP contribution is 2.20. The molecule has 0 aliphatic carbocycles. The Morgan fingerprint density at radius 2 is 1.92 bits per heavy atom. The topological polar surface area (TPSA) is 17.1 Å². The lowest BCUT2D eigenvalue weighted by Crippen LogP contribution is -2.01. The predicted molar refractivity (Wildman–Crippen MR) is 46.0 cm³/mol. The van der Waals surface area contributed by atoms with Gasteiger partial charge in [0.1, 0.15) is 0 Å². The first kappa shape index (κ1) is 9.20. The van der Waals surface area contributed by atoms with E-state index in [1.807, 2.05) is 0 Å². The number of benzene rings is 1. The molecular formula is C9H8ClFO. The smallest absolute Gasteiger partial charge is 0.183 e. The van der Waals surface area contributed by atoms with E-state index in [0.717, 1.165) is 0 Å². The third-order valence-corrected chi connectivity index (χ3v) is 1.77. The maximum atomic E-state index is 13.0. The van der Waals surface area contributed by atoms with Gasteiger partial charge in [0.25, 0.3) is 0 Å². The quantitative estimate of drug-likeness (QED) is 0.694. The third-order valence-electron chi connectivity index (χ3n) is 1.52. The Bertz CT molecular complexity index is 281. The lowest BCUT2D eigenvalue weighted by Gasteiger charge is -2.03. The number of carbonyl (C=O) groups is 1. The van der Waals surface area contributed by atoms with Crippen molar-refractivity contribution >= 4 is 17.4 Å². The largest absolute Gasteiger partial charge is 0.296 e. The minimum Gasteiger partial charge on any atom is -0.296 e. The molecule has 64 valence electrons. The normalized spacial score (nSPS) is 12.6. The van der Waals surface area contributed by atoms with Crippen LogP contribution in [0.2, 0.25) is 5.02 Å². The molecule has 0 spiro atoms. The summed E-state index contributed by atoms with van der Waals surface area (Å²) in [6, 6.07) is 6.14. The third kappa shape index (κ3) is 2.05. The van der Waals surface area contributed by atoms with Crippen LogP contribution in [0.25, 0.3) is 0 Å². The van der Waals surface area contributed by atoms with Crippen molar-refractivity contribution in [1.29, 1.82) is 0 Å². The Kier molecular flexibility index (Phi) is 2.82. The van der Waals surface area contributed by atoms with Crippen molar-refractivity contribution in [2.24, 2.45) is 0 Å². The molecule has 1 atom stereocenters. The van der Waals surface area contributed by atoms with Crippen LogP contribution in [-0.4, -0.2) is 5.78 Å². The molecule has 3 heteroatoms. The van der Waals surface area contributed by atoms with Crippen LogP contribution in [0.1, 0.15) is 18.7 Å². The zero-order chi connectivity index (χ0) is 9.14. The Morgan fingerprint density at radius 3 is 2.33 bits per heavy atom. The minimum atomic E-state index is -1.53. The molecular weight excluding hydrogens is 179 g/mol. The van der Waals surface area contributed by atoms with Crippen molar-refractivity contribution in [2.75, 3.05) is 0 Å². The lowest BCUT2D eigenvalue weighted by molar-refractivity contribution is -0.121. The van der Waals surface area contributed by atoms with Crippen molar-refractivity contribution in [3.05, 3.63) is 34.9 Å². The van der Waals surface area contributed by atoms with Crippen molar-refractivity contribution in [1.82, 2.24) is 0 Å². The van der Waals surface area contributed by atoms with E-state index in [4.69, 9.17) is 11.6 Å². The Balaban J connectivity index is 2.89. The van der Waals surface area contributed by atoms with Gasteiger partial charge in [-0.3, -0.25) is 4.79 Å². The highest BCUT2D eigenvalue weighted by molar-refractivity contribution is 6.30. The standard InChI is InChI=1S/C9H8ClFO/c1-6(12)9(11)7-2-4-8(10)5-3-7/h2-5,9H,1H3. The monoisotopic (exact) mass is 186 g/mol. The van der Waals surface area contributed by atoms with Crippen LogP contribution in [-0.2, 0) is 4.79 Å². The molecule has 1 aromatic carbocycles. The van der Waals surface area contributed by atoms with E-state index in [1.54, 1.807) is 12.1 Å². The Labute approximate surface area is 75.2 Å². The molecule has 1 aromatic rings. The molecule has 12 heavy (non-hydrogen) atoms. The van der Waals surface area contributed by atoms with Gasteiger partial charge in [0.05, 0.1) is 0 Å². The average Bonchev–Trinajstić information content (AvgIpc) is 2.04. The van der Waals surface area contributed by atoms with Crippen molar-refractivity contribution in [3.63, 3.8) is 0 Å². The fraction of sp³-hybridized carbons (Fsp3) is 0.222. The molecule has 0 N–H and O–H groups in total. The summed E-state index contributed by atoms with van der Waals surface area (Å²) in [5.41, 5.74) is 0.354. The average molecular weight is 187 g/mol. The second-order valence-electron chi connectivity index (χ2n) is 2.52. The first-order chi connectivity index (χ1) is 5.61. The summed E-state index contributed by atoms with van der Waals surface area (Å²) in [6.07, 6.45) is -1.53. The molecule has 0 amide bonds. The van der Waals surface area contributed by atoms with Gasteiger partial charge in [0.15, 0.2) is 12.0 Å². The molecule has 0 aliphatic heterocycles. The number of rotatable bonds is 2. The molecule has 1 rings (SSSR count). The van der Waals surface area contributed by atoms with E-state index in [1.165, 1.54) is 19.1 Å². The maximum Gasteiger partial charge on any atom is 0.183 e. The number of halogens is 2. The number of carbonyl (C=O) groups excluding carboxylic acids is 1. The number of hydrogen-bond acceptors (Lipinski definition) is 1. The van der Waals surface area contributed by atoms with Crippen LogP contribution in [0.15, 0.2) is 24.3 Å². The summed E-state index contributed by atoms with van der Waals surface area (Å²) in [5.74, 6) is -0.489. The SMILES string of the molecule is CC(=O)C(F)c1ccc(Cl)cc1. The molecule has 0 aliphatic rings. The molecule has 0 saturated heterocycles. The predicted octanol–water partition coefficient (Wildman–Crippen LogP) is 2.94. The summed E-state index contributed by atoms with van der Waals surface area (Å²) >= 11 is 5.59. The van der Waals surface area contributed by atoms with Crippen molar-refractivity contribution < 1.29 is 9.18 Å². The first-order valence-electron chi connectivity index (χ1n) is 3.51. The van der Waals surface area contributed by atoms with Crippen LogP contribution < -0.4 is 0 Å². The van der Waals surface area contributed by atoms with Gasteiger partial charge in [0.2, 0.25) is 0 Å². The molecule has 1 nitrogen and oxygen atoms in total. The van der Waals surface area contributed by atoms with Gasteiger partial charge in [-0.1, -0.05) is 23.7 Å². The zero-order valence-electron chi connectivity index (χ0n) is 6.55. The van der Waals surface area contributed by atoms with E-state index >= 15 is 0 Å². The first-order valence-corrected chi connectivity index (χ1v) is 3.89. The zero-order valence-corrected chi connectivity index (χ0v) is 7.31. The van der Waals surface area contributed by atoms with Gasteiger partial charge in [-0.2, -0.15) is 0 Å². The number of alkyl halides is 1. The number of Topliss-reactive ketones (excluding diaryl/α,β-unsaturated/α-hetero) is 1. The highest BCUT2D eigenvalue weighted by Gasteiger charge is 2.13. The van der Waals surface area contributed by atoms with E-state index in [2.05, 4.69) is 0 Å². The molecule has 0 saturated carbocycles. The van der Waals surface area contributed by atoms with Crippen LogP contribution in [0.4, 0.5) is 4.39 Å². The van der Waals surface area contributed by atoms with Crippen LogP contribution in [0.5, 0.6) is 0 Å². The van der Waals surface area contributed by atoms with E-state index in [0.29, 0.717) is 10.6 Å². The fourth-order valence-corrected chi connectivity index (χ4v) is 0.992. The van der Waals surface area contributed by atoms with E-state index in [-0.39, 0.29) is 0 Å². The van der Waals surface area contributed by atoms with E-state index in [9.17, 15) is 9.18 Å². The molecule has 0 heterocycles. The van der Waals surface area contributed by atoms with Crippen LogP contribution in [0, 0.1) is 0 Å². The fourth-order valence-electron chi connectivity index (χ4n) is 0.866. The van der Waals surface area contributed by atoms with Crippen molar-refractivity contribution in [2.45, 2.75) is 13.1 Å². The lowest BCUT2D eigenvalue weighted by atomic mass is 10.1. The van der Waals surface area contributed by atoms with Crippen LogP contribution in [0.3, 0.4) is 0 Å². The Morgan fingerprint density at radius 1 is 1.42 bits per heavy atom. The minimum absolute atomic E-state index is 0.354. The second-order valence-corrected chi connectivity index (χ2v) is 2.96. The molecule has 1 unspecified atom stereocenters. The summed E-state index contributed by atoms with van der Waals surface area (Å²) in [4.78, 5) is 10.6. The molecule has 0 bridgehead atoms. The van der Waals surface area contributed by atoms with Gasteiger partial charge in [0, 0.05) is 5.02 Å².